The molecule has 0 heterocycles. The van der Waals surface area contributed by atoms with Gasteiger partial charge in [-0.3, -0.25) is 0 Å². The second-order valence-electron chi connectivity index (χ2n) is 6.21. The largest absolute Gasteiger partial charge is 0.545 e. The zero-order valence-corrected chi connectivity index (χ0v) is 18.3. The molecule has 0 bridgehead atoms. The van der Waals surface area contributed by atoms with Crippen LogP contribution in [0.25, 0.3) is 0 Å². The van der Waals surface area contributed by atoms with Crippen molar-refractivity contribution in [2.75, 3.05) is 0 Å². The van der Waals surface area contributed by atoms with Gasteiger partial charge in [0, 0.05) is 0 Å². The number of rotatable bonds is 10. The molecular formula is C20H34O2Sn. The van der Waals surface area contributed by atoms with Crippen LogP contribution in [0.2, 0.25) is 13.3 Å². The van der Waals surface area contributed by atoms with E-state index in [9.17, 15) is 9.90 Å². The SMILES string of the molecule is CCC[CH2][Sn+]([CH2]CCC)[CH2]CCC.Cc1ccc(C(=O)[O-])cc1. The minimum Gasteiger partial charge on any atom is -0.545 e. The molecule has 1 aromatic rings. The van der Waals surface area contributed by atoms with Crippen molar-refractivity contribution in [3.05, 3.63) is 35.4 Å². The van der Waals surface area contributed by atoms with Crippen molar-refractivity contribution in [3.63, 3.8) is 0 Å². The molecule has 0 aliphatic carbocycles. The Bertz CT molecular complexity index is 382. The van der Waals surface area contributed by atoms with Crippen LogP contribution >= 0.6 is 0 Å². The Morgan fingerprint density at radius 3 is 1.57 bits per heavy atom. The Hall–Kier alpha value is -0.511. The molecule has 23 heavy (non-hydrogen) atoms. The van der Waals surface area contributed by atoms with Gasteiger partial charge < -0.3 is 9.90 Å². The van der Waals surface area contributed by atoms with E-state index in [1.807, 2.05) is 6.92 Å². The number of unbranched alkanes of at least 4 members (excludes halogenated alkanes) is 3. The third kappa shape index (κ3) is 12.6. The van der Waals surface area contributed by atoms with Gasteiger partial charge >= 0.3 is 92.4 Å². The fraction of sp³-hybridized carbons (Fsp3) is 0.650. The van der Waals surface area contributed by atoms with Crippen molar-refractivity contribution < 1.29 is 9.90 Å². The van der Waals surface area contributed by atoms with Crippen LogP contribution in [0.5, 0.6) is 0 Å². The first-order valence-corrected chi connectivity index (χ1v) is 15.2. The van der Waals surface area contributed by atoms with Crippen molar-refractivity contribution in [2.24, 2.45) is 0 Å². The number of carboxylic acid groups (broad SMARTS) is 1. The van der Waals surface area contributed by atoms with E-state index in [1.165, 1.54) is 50.7 Å². The van der Waals surface area contributed by atoms with E-state index in [1.54, 1.807) is 25.4 Å². The van der Waals surface area contributed by atoms with E-state index in [4.69, 9.17) is 0 Å². The fourth-order valence-electron chi connectivity index (χ4n) is 2.34. The number of carbonyl (C=O) groups is 1. The van der Waals surface area contributed by atoms with Crippen LogP contribution in [0.15, 0.2) is 24.3 Å². The number of hydrogen-bond donors (Lipinski definition) is 0. The van der Waals surface area contributed by atoms with Gasteiger partial charge in [-0.1, -0.05) is 29.8 Å². The summed E-state index contributed by atoms with van der Waals surface area (Å²) in [5.41, 5.74) is 1.27. The smallest absolute Gasteiger partial charge is 0.0715 e. The van der Waals surface area contributed by atoms with Gasteiger partial charge in [-0.2, -0.15) is 0 Å². The van der Waals surface area contributed by atoms with Crippen LogP contribution in [0.4, 0.5) is 0 Å². The Balaban J connectivity index is 0.000000433. The molecule has 0 aliphatic rings. The van der Waals surface area contributed by atoms with Gasteiger partial charge in [-0.05, 0) is 12.5 Å². The van der Waals surface area contributed by atoms with E-state index in [0.717, 1.165) is 5.56 Å². The Labute approximate surface area is 150 Å². The zero-order valence-electron chi connectivity index (χ0n) is 15.5. The minimum absolute atomic E-state index is 0.227. The molecule has 0 aromatic heterocycles. The summed E-state index contributed by atoms with van der Waals surface area (Å²) in [6, 6.07) is 6.55. The van der Waals surface area contributed by atoms with Crippen LogP contribution in [0.1, 0.15) is 75.2 Å². The topological polar surface area (TPSA) is 40.1 Å². The van der Waals surface area contributed by atoms with Crippen molar-refractivity contribution in [1.29, 1.82) is 0 Å². The summed E-state index contributed by atoms with van der Waals surface area (Å²) < 4.78 is 5.04. The minimum atomic E-state index is -1.12. The van der Waals surface area contributed by atoms with Crippen molar-refractivity contribution in [3.8, 4) is 0 Å². The molecule has 0 saturated carbocycles. The van der Waals surface area contributed by atoms with Crippen LogP contribution in [0.3, 0.4) is 0 Å². The molecule has 0 spiro atoms. The Morgan fingerprint density at radius 2 is 1.26 bits per heavy atom. The summed E-state index contributed by atoms with van der Waals surface area (Å²) >= 11 is -0.839. The number of carbonyl (C=O) groups excluding carboxylic acids is 1. The van der Waals surface area contributed by atoms with Crippen LogP contribution in [-0.4, -0.2) is 25.7 Å². The zero-order chi connectivity index (χ0) is 17.5. The van der Waals surface area contributed by atoms with Crippen LogP contribution < -0.4 is 5.11 Å². The molecule has 0 aliphatic heterocycles. The summed E-state index contributed by atoms with van der Waals surface area (Å²) in [6.07, 6.45) is 8.85. The van der Waals surface area contributed by atoms with Gasteiger partial charge in [-0.25, -0.2) is 0 Å². The number of benzene rings is 1. The van der Waals surface area contributed by atoms with Gasteiger partial charge in [0.05, 0.1) is 5.97 Å². The fourth-order valence-corrected chi connectivity index (χ4v) is 11.8. The molecule has 0 amide bonds. The van der Waals surface area contributed by atoms with Gasteiger partial charge in [0.2, 0.25) is 0 Å². The maximum atomic E-state index is 10.2. The molecule has 130 valence electrons. The molecular weight excluding hydrogens is 391 g/mol. The third-order valence-electron chi connectivity index (χ3n) is 3.94. The Kier molecular flexibility index (Phi) is 14.7. The second-order valence-corrected chi connectivity index (χ2v) is 14.8. The normalized spacial score (nSPS) is 9.91. The summed E-state index contributed by atoms with van der Waals surface area (Å²) in [5, 5.41) is 10.2. The summed E-state index contributed by atoms with van der Waals surface area (Å²) in [5.74, 6) is -1.12. The summed E-state index contributed by atoms with van der Waals surface area (Å²) in [4.78, 5) is 10.2. The first kappa shape index (κ1) is 22.5. The Morgan fingerprint density at radius 1 is 0.870 bits per heavy atom. The molecule has 0 unspecified atom stereocenters. The number of aryl methyl sites for hydroxylation is 1. The predicted molar refractivity (Wildman–Crippen MR) is 100 cm³/mol. The molecule has 1 rings (SSSR count). The molecule has 2 nitrogen and oxygen atoms in total. The monoisotopic (exact) mass is 426 g/mol. The maximum absolute atomic E-state index is 10.2. The van der Waals surface area contributed by atoms with Gasteiger partial charge in [0.15, 0.2) is 0 Å². The van der Waals surface area contributed by atoms with E-state index in [-0.39, 0.29) is 5.56 Å². The quantitative estimate of drug-likeness (QED) is 0.481. The van der Waals surface area contributed by atoms with E-state index in [2.05, 4.69) is 20.8 Å². The van der Waals surface area contributed by atoms with Gasteiger partial charge in [0.25, 0.3) is 0 Å². The standard InChI is InChI=1S/C8H8O2.3C4H9.Sn/c1-6-2-4-7(5-3-6)8(9)10;3*1-3-4-2;/h2-5H,1H3,(H,9,10);3*1,3-4H2,2H3;/q;;;;+1/p-1. The first-order valence-electron chi connectivity index (χ1n) is 9.16. The van der Waals surface area contributed by atoms with Gasteiger partial charge in [0.1, 0.15) is 0 Å². The third-order valence-corrected chi connectivity index (χ3v) is 13.0. The summed E-state index contributed by atoms with van der Waals surface area (Å²) in [6.45, 7) is 8.90. The average molecular weight is 425 g/mol. The average Bonchev–Trinajstić information content (AvgIpc) is 2.55. The molecule has 0 atom stereocenters. The molecule has 0 saturated heterocycles. The molecule has 3 heteroatoms. The van der Waals surface area contributed by atoms with E-state index in [0.29, 0.717) is 0 Å². The summed E-state index contributed by atoms with van der Waals surface area (Å²) in [7, 11) is 0. The number of carboxylic acids is 1. The number of aromatic carboxylic acids is 1. The van der Waals surface area contributed by atoms with Crippen LogP contribution in [0, 0.1) is 6.92 Å². The molecule has 0 fully saturated rings. The van der Waals surface area contributed by atoms with Crippen molar-refractivity contribution in [2.45, 2.75) is 79.5 Å². The second kappa shape index (κ2) is 15.0. The van der Waals surface area contributed by atoms with E-state index >= 15 is 0 Å². The molecule has 1 aromatic carbocycles. The first-order chi connectivity index (χ1) is 11.0. The molecule has 0 radical (unpaired) electrons. The van der Waals surface area contributed by atoms with Crippen LogP contribution in [-0.2, 0) is 0 Å². The number of hydrogen-bond acceptors (Lipinski definition) is 2. The van der Waals surface area contributed by atoms with Crippen molar-refractivity contribution >= 4 is 25.7 Å². The maximum Gasteiger partial charge on any atom is 0.0715 e. The molecule has 0 N–H and O–H groups in total. The predicted octanol–water partition coefficient (Wildman–Crippen LogP) is 5.24. The van der Waals surface area contributed by atoms with Crippen molar-refractivity contribution in [1.82, 2.24) is 0 Å². The van der Waals surface area contributed by atoms with Gasteiger partial charge in [-0.15, -0.1) is 0 Å². The van der Waals surface area contributed by atoms with E-state index < -0.39 is 25.7 Å².